The van der Waals surface area contributed by atoms with E-state index in [-0.39, 0.29) is 0 Å². The van der Waals surface area contributed by atoms with Gasteiger partial charge in [0.2, 0.25) is 0 Å². The fourth-order valence-electron chi connectivity index (χ4n) is 2.23. The van der Waals surface area contributed by atoms with Crippen LogP contribution in [0.4, 0.5) is 5.69 Å². The zero-order valence-electron chi connectivity index (χ0n) is 9.54. The smallest absolute Gasteiger partial charge is 0.152 e. The quantitative estimate of drug-likeness (QED) is 0.781. The molecule has 1 heterocycles. The summed E-state index contributed by atoms with van der Waals surface area (Å²) in [7, 11) is 0. The third-order valence-electron chi connectivity index (χ3n) is 3.05. The molecule has 3 nitrogen and oxygen atoms in total. The molecule has 88 valence electrons. The minimum absolute atomic E-state index is 0.322. The zero-order chi connectivity index (χ0) is 11.5. The molecule has 0 radical (unpaired) electrons. The number of nitrogens with one attached hydrogen (secondary N) is 1. The summed E-state index contributed by atoms with van der Waals surface area (Å²) in [5, 5.41) is 3.99. The van der Waals surface area contributed by atoms with Gasteiger partial charge in [-0.05, 0) is 44.2 Å². The number of hydrogen-bond donors (Lipinski definition) is 2. The maximum atomic E-state index is 6.05. The maximum Gasteiger partial charge on any atom is 0.152 e. The van der Waals surface area contributed by atoms with Gasteiger partial charge in [-0.3, -0.25) is 0 Å². The van der Waals surface area contributed by atoms with E-state index in [9.17, 15) is 0 Å². The van der Waals surface area contributed by atoms with Gasteiger partial charge in [0.05, 0.1) is 5.69 Å². The van der Waals surface area contributed by atoms with Crippen molar-refractivity contribution in [3.05, 3.63) is 23.0 Å². The molecule has 3 N–H and O–H groups in total. The fourth-order valence-corrected chi connectivity index (χ4v) is 2.39. The van der Waals surface area contributed by atoms with E-state index in [1.165, 1.54) is 6.42 Å². The van der Waals surface area contributed by atoms with Crippen LogP contribution < -0.4 is 11.1 Å². The van der Waals surface area contributed by atoms with E-state index < -0.39 is 0 Å². The first-order chi connectivity index (χ1) is 7.65. The Labute approximate surface area is 101 Å². The van der Waals surface area contributed by atoms with Gasteiger partial charge in [-0.25, -0.2) is 4.98 Å². The van der Waals surface area contributed by atoms with Gasteiger partial charge in [-0.1, -0.05) is 11.6 Å². The molecule has 1 fully saturated rings. The van der Waals surface area contributed by atoms with Crippen molar-refractivity contribution in [1.82, 2.24) is 4.98 Å². The summed E-state index contributed by atoms with van der Waals surface area (Å²) in [6.07, 6.45) is 6.29. The Hall–Kier alpha value is -0.800. The van der Waals surface area contributed by atoms with Crippen LogP contribution in [0, 0.1) is 6.92 Å². The first kappa shape index (κ1) is 11.7. The molecule has 4 heteroatoms. The Balaban J connectivity index is 2.05. The summed E-state index contributed by atoms with van der Waals surface area (Å²) in [5.74, 6) is 0. The van der Waals surface area contributed by atoms with Gasteiger partial charge in [0, 0.05) is 18.3 Å². The third kappa shape index (κ3) is 2.86. The summed E-state index contributed by atoms with van der Waals surface area (Å²) in [4.78, 5) is 4.13. The largest absolute Gasteiger partial charge is 0.380 e. The van der Waals surface area contributed by atoms with E-state index >= 15 is 0 Å². The van der Waals surface area contributed by atoms with Gasteiger partial charge < -0.3 is 11.1 Å². The minimum Gasteiger partial charge on any atom is -0.380 e. The average Bonchev–Trinajstić information content (AvgIpc) is 2.24. The first-order valence-electron chi connectivity index (χ1n) is 5.79. The van der Waals surface area contributed by atoms with E-state index in [0.29, 0.717) is 17.2 Å². The molecule has 1 saturated carbocycles. The van der Waals surface area contributed by atoms with Gasteiger partial charge in [0.25, 0.3) is 0 Å². The lowest BCUT2D eigenvalue weighted by Gasteiger charge is -2.28. The molecule has 2 atom stereocenters. The van der Waals surface area contributed by atoms with Crippen molar-refractivity contribution >= 4 is 17.3 Å². The number of aromatic nitrogens is 1. The molecule has 2 unspecified atom stereocenters. The van der Waals surface area contributed by atoms with E-state index in [0.717, 1.165) is 30.5 Å². The fraction of sp³-hybridized carbons (Fsp3) is 0.583. The Morgan fingerprint density at radius 1 is 1.50 bits per heavy atom. The van der Waals surface area contributed by atoms with Crippen LogP contribution in [0.3, 0.4) is 0 Å². The molecule has 0 spiro atoms. The topological polar surface area (TPSA) is 50.9 Å². The molecule has 1 aromatic rings. The second-order valence-corrected chi connectivity index (χ2v) is 4.98. The van der Waals surface area contributed by atoms with E-state index in [4.69, 9.17) is 17.3 Å². The van der Waals surface area contributed by atoms with Crippen LogP contribution in [0.5, 0.6) is 0 Å². The zero-order valence-corrected chi connectivity index (χ0v) is 10.3. The SMILES string of the molecule is Cc1cnc(Cl)c(NC2CCCC(N)C2)c1. The molecule has 0 bridgehead atoms. The van der Waals surface area contributed by atoms with Crippen molar-refractivity contribution in [2.24, 2.45) is 5.73 Å². The van der Waals surface area contributed by atoms with Crippen LogP contribution in [0.2, 0.25) is 5.15 Å². The van der Waals surface area contributed by atoms with E-state index in [2.05, 4.69) is 10.3 Å². The molecule has 2 rings (SSSR count). The van der Waals surface area contributed by atoms with Crippen molar-refractivity contribution in [2.75, 3.05) is 5.32 Å². The molecule has 1 aliphatic carbocycles. The number of hydrogen-bond acceptors (Lipinski definition) is 3. The monoisotopic (exact) mass is 239 g/mol. The van der Waals surface area contributed by atoms with Crippen LogP contribution >= 0.6 is 11.6 Å². The normalized spacial score (nSPS) is 25.4. The highest BCUT2D eigenvalue weighted by Gasteiger charge is 2.19. The second kappa shape index (κ2) is 5.02. The molecule has 1 aromatic heterocycles. The minimum atomic E-state index is 0.322. The number of rotatable bonds is 2. The number of nitrogens with two attached hydrogens (primary N) is 1. The Morgan fingerprint density at radius 3 is 3.06 bits per heavy atom. The maximum absolute atomic E-state index is 6.05. The van der Waals surface area contributed by atoms with Crippen LogP contribution in [0.15, 0.2) is 12.3 Å². The van der Waals surface area contributed by atoms with Crippen molar-refractivity contribution in [1.29, 1.82) is 0 Å². The Morgan fingerprint density at radius 2 is 2.31 bits per heavy atom. The predicted octanol–water partition coefficient (Wildman–Crippen LogP) is 2.73. The summed E-state index contributed by atoms with van der Waals surface area (Å²) in [5.41, 5.74) is 8.01. The van der Waals surface area contributed by atoms with Gasteiger partial charge in [0.15, 0.2) is 5.15 Å². The summed E-state index contributed by atoms with van der Waals surface area (Å²) >= 11 is 6.05. The standard InChI is InChI=1S/C12H18ClN3/c1-8-5-11(12(13)15-7-8)16-10-4-2-3-9(14)6-10/h5,7,9-10,16H,2-4,6,14H2,1H3. The molecule has 16 heavy (non-hydrogen) atoms. The van der Waals surface area contributed by atoms with Gasteiger partial charge >= 0.3 is 0 Å². The van der Waals surface area contributed by atoms with Crippen molar-refractivity contribution in [3.8, 4) is 0 Å². The second-order valence-electron chi connectivity index (χ2n) is 4.62. The molecule has 0 saturated heterocycles. The van der Waals surface area contributed by atoms with Gasteiger partial charge in [0.1, 0.15) is 0 Å². The third-order valence-corrected chi connectivity index (χ3v) is 3.35. The van der Waals surface area contributed by atoms with Crippen LogP contribution in [-0.4, -0.2) is 17.1 Å². The Bertz CT molecular complexity index is 367. The highest BCUT2D eigenvalue weighted by Crippen LogP contribution is 2.25. The number of anilines is 1. The molecule has 0 amide bonds. The number of halogens is 1. The first-order valence-corrected chi connectivity index (χ1v) is 6.17. The molecule has 0 aromatic carbocycles. The van der Waals surface area contributed by atoms with Crippen molar-refractivity contribution in [3.63, 3.8) is 0 Å². The van der Waals surface area contributed by atoms with Crippen LogP contribution in [0.25, 0.3) is 0 Å². The number of aryl methyl sites for hydroxylation is 1. The number of nitrogens with zero attached hydrogens (tertiary/aromatic N) is 1. The summed E-state index contributed by atoms with van der Waals surface area (Å²) in [6, 6.07) is 2.79. The highest BCUT2D eigenvalue weighted by molar-refractivity contribution is 6.31. The molecular formula is C12H18ClN3. The highest BCUT2D eigenvalue weighted by atomic mass is 35.5. The molecule has 0 aliphatic heterocycles. The summed E-state index contributed by atoms with van der Waals surface area (Å²) in [6.45, 7) is 2.01. The van der Waals surface area contributed by atoms with Crippen LogP contribution in [-0.2, 0) is 0 Å². The molecular weight excluding hydrogens is 222 g/mol. The lowest BCUT2D eigenvalue weighted by atomic mass is 9.91. The lowest BCUT2D eigenvalue weighted by molar-refractivity contribution is 0.409. The average molecular weight is 240 g/mol. The van der Waals surface area contributed by atoms with E-state index in [1.807, 2.05) is 13.0 Å². The Kier molecular flexibility index (Phi) is 3.66. The van der Waals surface area contributed by atoms with Gasteiger partial charge in [-0.2, -0.15) is 0 Å². The van der Waals surface area contributed by atoms with Crippen molar-refractivity contribution in [2.45, 2.75) is 44.7 Å². The van der Waals surface area contributed by atoms with Crippen LogP contribution in [0.1, 0.15) is 31.2 Å². The van der Waals surface area contributed by atoms with Gasteiger partial charge in [-0.15, -0.1) is 0 Å². The predicted molar refractivity (Wildman–Crippen MR) is 67.8 cm³/mol. The van der Waals surface area contributed by atoms with E-state index in [1.54, 1.807) is 6.20 Å². The van der Waals surface area contributed by atoms with Crippen molar-refractivity contribution < 1.29 is 0 Å². The number of pyridine rings is 1. The molecule has 1 aliphatic rings. The summed E-state index contributed by atoms with van der Waals surface area (Å²) < 4.78 is 0. The lowest BCUT2D eigenvalue weighted by Crippen LogP contribution is -2.35.